The highest BCUT2D eigenvalue weighted by atomic mass is 32.2. The van der Waals surface area contributed by atoms with Crippen LogP contribution in [0.1, 0.15) is 81.4 Å². The van der Waals surface area contributed by atoms with Crippen molar-refractivity contribution in [2.45, 2.75) is 74.9 Å². The molecular weight excluding hydrogens is 787 g/mol. The van der Waals surface area contributed by atoms with Gasteiger partial charge in [-0.15, -0.1) is 11.8 Å². The summed E-state index contributed by atoms with van der Waals surface area (Å²) in [6.45, 7) is 7.80. The normalized spacial score (nSPS) is 26.5. The lowest BCUT2D eigenvalue weighted by molar-refractivity contribution is 0.393. The minimum absolute atomic E-state index is 0.174. The fourth-order valence-corrected chi connectivity index (χ4v) is 12.0. The van der Waals surface area contributed by atoms with E-state index in [1.54, 1.807) is 0 Å². The zero-order valence-corrected chi connectivity index (χ0v) is 38.1. The Hall–Kier alpha value is -5.22. The van der Waals surface area contributed by atoms with E-state index in [4.69, 9.17) is 0 Å². The van der Waals surface area contributed by atoms with Crippen LogP contribution in [0.5, 0.6) is 0 Å². The molecule has 1 heterocycles. The summed E-state index contributed by atoms with van der Waals surface area (Å²) in [5, 5.41) is 4.74. The van der Waals surface area contributed by atoms with Gasteiger partial charge in [0, 0.05) is 51.8 Å². The first kappa shape index (κ1) is 42.1. The third-order valence-corrected chi connectivity index (χ3v) is 15.1. The Labute approximate surface area is 380 Å². The lowest BCUT2D eigenvalue weighted by Crippen LogP contribution is -2.34. The molecule has 0 radical (unpaired) electrons. The van der Waals surface area contributed by atoms with Crippen molar-refractivity contribution in [1.29, 1.82) is 0 Å². The molecule has 0 saturated heterocycles. The highest BCUT2D eigenvalue weighted by Gasteiger charge is 2.36. The summed E-state index contributed by atoms with van der Waals surface area (Å²) in [6, 6.07) is 26.9. The van der Waals surface area contributed by atoms with E-state index in [2.05, 4.69) is 220 Å². The van der Waals surface area contributed by atoms with Gasteiger partial charge in [0.25, 0.3) is 0 Å². The van der Waals surface area contributed by atoms with Crippen LogP contribution in [-0.4, -0.2) is 16.7 Å². The average Bonchev–Trinajstić information content (AvgIpc) is 3.71. The highest BCUT2D eigenvalue weighted by Crippen LogP contribution is 2.52. The molecule has 3 aromatic rings. The maximum atomic E-state index is 4.66. The molecule has 312 valence electrons. The second-order valence-corrected chi connectivity index (χ2v) is 19.0. The summed E-state index contributed by atoms with van der Waals surface area (Å²) < 4.78 is 0. The fourth-order valence-electron chi connectivity index (χ4n) is 10.3. The van der Waals surface area contributed by atoms with E-state index in [1.165, 1.54) is 66.1 Å². The van der Waals surface area contributed by atoms with Crippen LogP contribution in [0.25, 0.3) is 16.6 Å². The molecule has 0 aromatic heterocycles. The van der Waals surface area contributed by atoms with Gasteiger partial charge in [-0.2, -0.15) is 12.6 Å². The summed E-state index contributed by atoms with van der Waals surface area (Å²) in [5.41, 5.74) is 13.9. The predicted octanol–water partition coefficient (Wildman–Crippen LogP) is 14.0. The summed E-state index contributed by atoms with van der Waals surface area (Å²) >= 11 is 6.69. The summed E-state index contributed by atoms with van der Waals surface area (Å²) in [5.74, 6) is 1.55. The summed E-state index contributed by atoms with van der Waals surface area (Å²) in [6.07, 6.45) is 48.1. The van der Waals surface area contributed by atoms with Crippen LogP contribution in [0.4, 0.5) is 0 Å². The number of thiol groups is 1. The van der Waals surface area contributed by atoms with Crippen molar-refractivity contribution in [3.63, 3.8) is 0 Å². The van der Waals surface area contributed by atoms with Crippen LogP contribution < -0.4 is 10.4 Å². The first-order chi connectivity index (χ1) is 30.5. The van der Waals surface area contributed by atoms with Gasteiger partial charge in [0.2, 0.25) is 0 Å². The Kier molecular flexibility index (Phi) is 13.2. The number of thioether (sulfide) groups is 1. The fraction of sp³-hybridized carbons (Fsp3) is 0.254. The Bertz CT molecular complexity index is 2700. The lowest BCUT2D eigenvalue weighted by atomic mass is 9.74. The maximum Gasteiger partial charge on any atom is 0.0450 e. The minimum Gasteiger partial charge on any atom is -0.344 e. The molecule has 1 nitrogen and oxygen atoms in total. The second-order valence-electron chi connectivity index (χ2n) is 17.5. The molecular formula is C59H59NS2. The topological polar surface area (TPSA) is 3.24 Å². The number of hydrogen-bond donors (Lipinski definition) is 1. The van der Waals surface area contributed by atoms with Gasteiger partial charge in [0.05, 0.1) is 0 Å². The molecule has 9 rings (SSSR count). The van der Waals surface area contributed by atoms with E-state index >= 15 is 0 Å². The van der Waals surface area contributed by atoms with Gasteiger partial charge in [-0.1, -0.05) is 184 Å². The minimum atomic E-state index is 0.174. The molecule has 3 heteroatoms. The van der Waals surface area contributed by atoms with Crippen LogP contribution in [0, 0.1) is 17.8 Å². The molecule has 5 aliphatic carbocycles. The van der Waals surface area contributed by atoms with E-state index in [9.17, 15) is 0 Å². The molecule has 4 unspecified atom stereocenters. The van der Waals surface area contributed by atoms with Gasteiger partial charge in [0.15, 0.2) is 0 Å². The Balaban J connectivity index is 1.15. The van der Waals surface area contributed by atoms with Crippen molar-refractivity contribution >= 4 is 40.9 Å². The predicted molar refractivity (Wildman–Crippen MR) is 271 cm³/mol. The number of nitrogens with zero attached hydrogens (tertiary/aromatic N) is 1. The number of allylic oxidation sites excluding steroid dienone is 21. The molecule has 0 N–H and O–H groups in total. The molecule has 0 bridgehead atoms. The molecule has 62 heavy (non-hydrogen) atoms. The van der Waals surface area contributed by atoms with Crippen molar-refractivity contribution in [1.82, 2.24) is 4.90 Å². The second kappa shape index (κ2) is 19.4. The van der Waals surface area contributed by atoms with E-state index in [0.717, 1.165) is 43.9 Å². The van der Waals surface area contributed by atoms with Gasteiger partial charge in [-0.25, -0.2) is 0 Å². The SMILES string of the molecule is CCC/C(=C\C=C(/C)C1=CC=C[C@H]2c3ccccc3SC12)N(CC1C=CC=C/C1=c1\cccc\c1=C\S)C1=C[C@H](C2=CCCC=C2)C(c2ccccc2C2=CC=CC(C)C2)C=C1. The Morgan fingerprint density at radius 1 is 0.790 bits per heavy atom. The average molecular weight is 846 g/mol. The maximum absolute atomic E-state index is 4.66. The zero-order chi connectivity index (χ0) is 42.4. The first-order valence-corrected chi connectivity index (χ1v) is 24.2. The van der Waals surface area contributed by atoms with E-state index in [1.807, 2.05) is 17.2 Å². The van der Waals surface area contributed by atoms with Crippen molar-refractivity contribution in [3.8, 4) is 0 Å². The van der Waals surface area contributed by atoms with Crippen LogP contribution >= 0.6 is 24.4 Å². The Morgan fingerprint density at radius 2 is 1.61 bits per heavy atom. The largest absolute Gasteiger partial charge is 0.344 e. The third kappa shape index (κ3) is 8.85. The number of rotatable bonds is 11. The molecule has 3 aromatic carbocycles. The van der Waals surface area contributed by atoms with Crippen LogP contribution in [0.2, 0.25) is 0 Å². The van der Waals surface area contributed by atoms with E-state index < -0.39 is 0 Å². The number of hydrogen-bond acceptors (Lipinski definition) is 3. The molecule has 0 spiro atoms. The van der Waals surface area contributed by atoms with Gasteiger partial charge >= 0.3 is 0 Å². The molecule has 1 aliphatic heterocycles. The number of benzene rings is 3. The summed E-state index contributed by atoms with van der Waals surface area (Å²) in [7, 11) is 0. The van der Waals surface area contributed by atoms with Gasteiger partial charge in [-0.3, -0.25) is 0 Å². The third-order valence-electron chi connectivity index (χ3n) is 13.4. The first-order valence-electron chi connectivity index (χ1n) is 22.8. The zero-order valence-electron chi connectivity index (χ0n) is 36.4. The smallest absolute Gasteiger partial charge is 0.0450 e. The van der Waals surface area contributed by atoms with Crippen molar-refractivity contribution < 1.29 is 0 Å². The molecule has 0 fully saturated rings. The molecule has 6 atom stereocenters. The van der Waals surface area contributed by atoms with Crippen molar-refractivity contribution in [3.05, 3.63) is 237 Å². The molecule has 0 saturated carbocycles. The van der Waals surface area contributed by atoms with Crippen LogP contribution in [0.15, 0.2) is 215 Å². The lowest BCUT2D eigenvalue weighted by Gasteiger charge is -2.37. The van der Waals surface area contributed by atoms with E-state index in [0.29, 0.717) is 17.1 Å². The van der Waals surface area contributed by atoms with Crippen molar-refractivity contribution in [2.24, 2.45) is 17.8 Å². The van der Waals surface area contributed by atoms with Crippen molar-refractivity contribution in [2.75, 3.05) is 6.54 Å². The van der Waals surface area contributed by atoms with Gasteiger partial charge in [-0.05, 0) is 117 Å². The summed E-state index contributed by atoms with van der Waals surface area (Å²) in [4.78, 5) is 4.08. The quantitative estimate of drug-likeness (QED) is 0.151. The molecule has 0 amide bonds. The van der Waals surface area contributed by atoms with Gasteiger partial charge in [0.1, 0.15) is 0 Å². The van der Waals surface area contributed by atoms with Crippen LogP contribution in [0.3, 0.4) is 0 Å². The number of fused-ring (bicyclic) bond motifs is 3. The molecule has 6 aliphatic rings. The Morgan fingerprint density at radius 3 is 2.45 bits per heavy atom. The highest BCUT2D eigenvalue weighted by molar-refractivity contribution is 8.00. The monoisotopic (exact) mass is 845 g/mol. The standard InChI is InChI=1S/C59H59NS2/c1-4-18-47(34-33-42(3)49-30-17-31-56-55-29-14-15-32-58(55)62-59(49)56)60(39-45-22-8-10-26-51(45)52-27-11-9-23-46(52)40-61)48-35-36-54(57(38-48)43-20-6-5-7-21-43)53-28-13-12-25-50(53)44-24-16-19-41(2)37-44/h6,8-17,19-36,38,40-41,45,54,56-57,59,61H,4-5,7,18,37,39H2,1-3H3/b42-33+,46-40-,47-34+,52-51-/t41?,45?,54?,56-,57+,59?/m0/s1. The van der Waals surface area contributed by atoms with Gasteiger partial charge < -0.3 is 4.90 Å². The van der Waals surface area contributed by atoms with E-state index in [-0.39, 0.29) is 17.8 Å². The van der Waals surface area contributed by atoms with Crippen LogP contribution in [-0.2, 0) is 0 Å².